The van der Waals surface area contributed by atoms with E-state index in [1.54, 1.807) is 19.0 Å². The van der Waals surface area contributed by atoms with E-state index < -0.39 is 0 Å². The van der Waals surface area contributed by atoms with Crippen LogP contribution in [0.1, 0.15) is 25.0 Å². The highest BCUT2D eigenvalue weighted by Gasteiger charge is 2.14. The van der Waals surface area contributed by atoms with Gasteiger partial charge in [-0.15, -0.1) is 0 Å². The van der Waals surface area contributed by atoms with Crippen molar-refractivity contribution >= 4 is 11.7 Å². The number of anilines is 1. The van der Waals surface area contributed by atoms with Crippen molar-refractivity contribution in [3.8, 4) is 0 Å². The lowest BCUT2D eigenvalue weighted by Gasteiger charge is -2.25. The van der Waals surface area contributed by atoms with E-state index in [9.17, 15) is 4.79 Å². The number of aryl methyl sites for hydroxylation is 1. The van der Waals surface area contributed by atoms with Crippen LogP contribution in [0.5, 0.6) is 0 Å². The maximum atomic E-state index is 11.9. The van der Waals surface area contributed by atoms with E-state index in [0.29, 0.717) is 6.54 Å². The van der Waals surface area contributed by atoms with E-state index in [-0.39, 0.29) is 5.91 Å². The second kappa shape index (κ2) is 7.85. The topological polar surface area (TPSA) is 48.5 Å². The van der Waals surface area contributed by atoms with Crippen molar-refractivity contribution in [1.29, 1.82) is 0 Å². The third-order valence-electron chi connectivity index (χ3n) is 3.19. The summed E-state index contributed by atoms with van der Waals surface area (Å²) in [6, 6.07) is 2.13. The summed E-state index contributed by atoms with van der Waals surface area (Å²) in [5.74, 6) is 0.979. The molecule has 0 atom stereocenters. The molecule has 5 heteroatoms. The van der Waals surface area contributed by atoms with Crippen LogP contribution in [0.25, 0.3) is 0 Å². The third-order valence-corrected chi connectivity index (χ3v) is 3.19. The van der Waals surface area contributed by atoms with Gasteiger partial charge >= 0.3 is 0 Å². The van der Waals surface area contributed by atoms with Crippen LogP contribution >= 0.6 is 0 Å². The summed E-state index contributed by atoms with van der Waals surface area (Å²) in [6.07, 6.45) is 1.88. The number of aromatic nitrogens is 1. The van der Waals surface area contributed by atoms with Gasteiger partial charge in [0.1, 0.15) is 5.82 Å². The van der Waals surface area contributed by atoms with Gasteiger partial charge < -0.3 is 15.1 Å². The second-order valence-corrected chi connectivity index (χ2v) is 5.07. The largest absolute Gasteiger partial charge is 0.347 e. The number of pyridine rings is 1. The molecule has 0 bridgehead atoms. The van der Waals surface area contributed by atoms with Crippen molar-refractivity contribution in [1.82, 2.24) is 15.2 Å². The first-order valence-electron chi connectivity index (χ1n) is 7.10. The lowest BCUT2D eigenvalue weighted by Crippen LogP contribution is -2.37. The molecule has 1 aromatic heterocycles. The monoisotopic (exact) mass is 278 g/mol. The standard InChI is InChI=1S/C15H26N4O/c1-6-16-9-13-8-12(3)15(17-10-13)19(7-2)11-14(20)18(4)5/h8,10,16H,6-7,9,11H2,1-5H3. The van der Waals surface area contributed by atoms with Crippen molar-refractivity contribution in [2.24, 2.45) is 0 Å². The van der Waals surface area contributed by atoms with E-state index in [2.05, 4.69) is 23.3 Å². The van der Waals surface area contributed by atoms with Crippen LogP contribution in [-0.2, 0) is 11.3 Å². The van der Waals surface area contributed by atoms with Crippen molar-refractivity contribution in [3.63, 3.8) is 0 Å². The fourth-order valence-corrected chi connectivity index (χ4v) is 1.96. The summed E-state index contributed by atoms with van der Waals surface area (Å²) in [5, 5.41) is 3.29. The Hall–Kier alpha value is -1.62. The van der Waals surface area contributed by atoms with Gasteiger partial charge in [-0.05, 0) is 37.6 Å². The minimum absolute atomic E-state index is 0.0878. The van der Waals surface area contributed by atoms with Gasteiger partial charge in [0.15, 0.2) is 0 Å². The van der Waals surface area contributed by atoms with Gasteiger partial charge in [0.2, 0.25) is 5.91 Å². The first-order chi connectivity index (χ1) is 9.49. The molecule has 20 heavy (non-hydrogen) atoms. The number of likely N-dealkylation sites (N-methyl/N-ethyl adjacent to an activating group) is 2. The maximum Gasteiger partial charge on any atom is 0.241 e. The Morgan fingerprint density at radius 3 is 2.55 bits per heavy atom. The Morgan fingerprint density at radius 1 is 1.35 bits per heavy atom. The smallest absolute Gasteiger partial charge is 0.241 e. The highest BCUT2D eigenvalue weighted by Crippen LogP contribution is 2.17. The van der Waals surface area contributed by atoms with E-state index in [4.69, 9.17) is 0 Å². The van der Waals surface area contributed by atoms with Gasteiger partial charge in [-0.25, -0.2) is 4.98 Å². The summed E-state index contributed by atoms with van der Waals surface area (Å²) in [6.45, 7) is 9.06. The number of rotatable bonds is 7. The van der Waals surface area contributed by atoms with Crippen LogP contribution < -0.4 is 10.2 Å². The van der Waals surface area contributed by atoms with Gasteiger partial charge in [-0.1, -0.05) is 6.92 Å². The van der Waals surface area contributed by atoms with E-state index in [1.165, 1.54) is 5.56 Å². The second-order valence-electron chi connectivity index (χ2n) is 5.07. The molecule has 0 fully saturated rings. The maximum absolute atomic E-state index is 11.9. The molecule has 0 unspecified atom stereocenters. The summed E-state index contributed by atoms with van der Waals surface area (Å²) >= 11 is 0. The molecule has 0 aliphatic carbocycles. The molecule has 0 aromatic carbocycles. The van der Waals surface area contributed by atoms with Crippen LogP contribution in [0.15, 0.2) is 12.3 Å². The molecular weight excluding hydrogens is 252 g/mol. The zero-order chi connectivity index (χ0) is 15.1. The lowest BCUT2D eigenvalue weighted by molar-refractivity contribution is -0.127. The molecule has 0 radical (unpaired) electrons. The first kappa shape index (κ1) is 16.4. The molecule has 1 amide bonds. The van der Waals surface area contributed by atoms with Crippen LogP contribution in [0.2, 0.25) is 0 Å². The van der Waals surface area contributed by atoms with Gasteiger partial charge in [0.25, 0.3) is 0 Å². The van der Waals surface area contributed by atoms with Crippen molar-refractivity contribution in [2.75, 3.05) is 38.6 Å². The summed E-state index contributed by atoms with van der Waals surface area (Å²) in [4.78, 5) is 20.0. The van der Waals surface area contributed by atoms with Crippen LogP contribution in [0.4, 0.5) is 5.82 Å². The summed E-state index contributed by atoms with van der Waals surface area (Å²) in [7, 11) is 3.55. The number of amides is 1. The Bertz CT molecular complexity index is 445. The molecule has 0 saturated heterocycles. The van der Waals surface area contributed by atoms with Gasteiger partial charge in [0, 0.05) is 33.4 Å². The quantitative estimate of drug-likeness (QED) is 0.819. The predicted molar refractivity (Wildman–Crippen MR) is 82.9 cm³/mol. The molecule has 1 N–H and O–H groups in total. The number of nitrogens with one attached hydrogen (secondary N) is 1. The highest BCUT2D eigenvalue weighted by molar-refractivity contribution is 5.80. The van der Waals surface area contributed by atoms with Crippen molar-refractivity contribution in [2.45, 2.75) is 27.3 Å². The molecule has 1 heterocycles. The van der Waals surface area contributed by atoms with Crippen molar-refractivity contribution < 1.29 is 4.79 Å². The number of carbonyl (C=O) groups is 1. The molecule has 112 valence electrons. The number of hydrogen-bond acceptors (Lipinski definition) is 4. The van der Waals surface area contributed by atoms with Crippen LogP contribution in [-0.4, -0.2) is 49.5 Å². The third kappa shape index (κ3) is 4.49. The van der Waals surface area contributed by atoms with E-state index in [1.807, 2.05) is 24.9 Å². The Kier molecular flexibility index (Phi) is 6.45. The van der Waals surface area contributed by atoms with E-state index >= 15 is 0 Å². The average molecular weight is 278 g/mol. The van der Waals surface area contributed by atoms with Gasteiger partial charge in [0.05, 0.1) is 6.54 Å². The minimum Gasteiger partial charge on any atom is -0.347 e. The van der Waals surface area contributed by atoms with Crippen LogP contribution in [0, 0.1) is 6.92 Å². The molecule has 1 aromatic rings. The Morgan fingerprint density at radius 2 is 2.05 bits per heavy atom. The number of carbonyl (C=O) groups excluding carboxylic acids is 1. The van der Waals surface area contributed by atoms with Crippen LogP contribution in [0.3, 0.4) is 0 Å². The fourth-order valence-electron chi connectivity index (χ4n) is 1.96. The van der Waals surface area contributed by atoms with Gasteiger partial charge in [-0.3, -0.25) is 4.79 Å². The van der Waals surface area contributed by atoms with Crippen molar-refractivity contribution in [3.05, 3.63) is 23.4 Å². The first-order valence-corrected chi connectivity index (χ1v) is 7.10. The molecule has 0 aliphatic rings. The lowest BCUT2D eigenvalue weighted by atomic mass is 10.2. The normalized spacial score (nSPS) is 10.4. The minimum atomic E-state index is 0.0878. The fraction of sp³-hybridized carbons (Fsp3) is 0.600. The molecule has 0 spiro atoms. The summed E-state index contributed by atoms with van der Waals surface area (Å²) < 4.78 is 0. The SMILES string of the molecule is CCNCc1cnc(N(CC)CC(=O)N(C)C)c(C)c1. The molecule has 0 saturated carbocycles. The predicted octanol–water partition coefficient (Wildman–Crippen LogP) is 1.41. The molecule has 5 nitrogen and oxygen atoms in total. The van der Waals surface area contributed by atoms with E-state index in [0.717, 1.165) is 31.0 Å². The Labute approximate surface area is 122 Å². The molecular formula is C15H26N4O. The van der Waals surface area contributed by atoms with Gasteiger partial charge in [-0.2, -0.15) is 0 Å². The Balaban J connectivity index is 2.85. The summed E-state index contributed by atoms with van der Waals surface area (Å²) in [5.41, 5.74) is 2.27. The molecule has 0 aliphatic heterocycles. The zero-order valence-corrected chi connectivity index (χ0v) is 13.2. The number of hydrogen-bond donors (Lipinski definition) is 1. The highest BCUT2D eigenvalue weighted by atomic mass is 16.2. The molecule has 1 rings (SSSR count). The average Bonchev–Trinajstić information content (AvgIpc) is 2.42. The number of nitrogens with zero attached hydrogens (tertiary/aromatic N) is 3. The zero-order valence-electron chi connectivity index (χ0n) is 13.2.